The first-order chi connectivity index (χ1) is 9.01. The average molecular weight is 291 g/mol. The first-order valence-electron chi connectivity index (χ1n) is 6.77. The molecule has 0 atom stereocenters. The molecule has 0 spiro atoms. The van der Waals surface area contributed by atoms with Crippen molar-refractivity contribution in [2.75, 3.05) is 13.2 Å². The van der Waals surface area contributed by atoms with Crippen LogP contribution < -0.4 is 5.73 Å². The van der Waals surface area contributed by atoms with Crippen molar-refractivity contribution in [3.8, 4) is 0 Å². The summed E-state index contributed by atoms with van der Waals surface area (Å²) in [5, 5.41) is 8.75. The SMILES string of the molecule is CC(C)C(=O)OC(C)(C)CO.CC(C)CCOC(N)=O. The van der Waals surface area contributed by atoms with Crippen molar-refractivity contribution in [3.05, 3.63) is 0 Å². The Morgan fingerprint density at radius 1 is 1.20 bits per heavy atom. The van der Waals surface area contributed by atoms with Crippen molar-refractivity contribution in [2.45, 2.75) is 53.6 Å². The molecular formula is C14H29NO5. The number of hydrogen-bond donors (Lipinski definition) is 2. The highest BCUT2D eigenvalue weighted by atomic mass is 16.6. The van der Waals surface area contributed by atoms with Gasteiger partial charge in [0.15, 0.2) is 0 Å². The van der Waals surface area contributed by atoms with Gasteiger partial charge in [-0.15, -0.1) is 0 Å². The van der Waals surface area contributed by atoms with E-state index in [0.717, 1.165) is 6.42 Å². The number of amides is 1. The van der Waals surface area contributed by atoms with Crippen LogP contribution in [0.4, 0.5) is 4.79 Å². The van der Waals surface area contributed by atoms with Crippen LogP contribution in [0.5, 0.6) is 0 Å². The van der Waals surface area contributed by atoms with Gasteiger partial charge in [0.05, 0.1) is 19.1 Å². The van der Waals surface area contributed by atoms with E-state index in [4.69, 9.17) is 15.6 Å². The third-order valence-corrected chi connectivity index (χ3v) is 2.17. The van der Waals surface area contributed by atoms with Gasteiger partial charge in [0.25, 0.3) is 0 Å². The molecule has 0 radical (unpaired) electrons. The van der Waals surface area contributed by atoms with E-state index < -0.39 is 11.7 Å². The molecule has 3 N–H and O–H groups in total. The van der Waals surface area contributed by atoms with E-state index in [2.05, 4.69) is 18.6 Å². The lowest BCUT2D eigenvalue weighted by Crippen LogP contribution is -2.33. The topological polar surface area (TPSA) is 98.8 Å². The zero-order valence-electron chi connectivity index (χ0n) is 13.4. The Balaban J connectivity index is 0. The Morgan fingerprint density at radius 2 is 1.70 bits per heavy atom. The molecule has 0 unspecified atom stereocenters. The molecule has 0 saturated heterocycles. The first-order valence-corrected chi connectivity index (χ1v) is 6.77. The van der Waals surface area contributed by atoms with Gasteiger partial charge in [-0.2, -0.15) is 0 Å². The summed E-state index contributed by atoms with van der Waals surface area (Å²) in [7, 11) is 0. The molecule has 0 aromatic carbocycles. The third kappa shape index (κ3) is 14.8. The molecule has 0 aliphatic rings. The van der Waals surface area contributed by atoms with Crippen LogP contribution in [0.2, 0.25) is 0 Å². The molecule has 0 aromatic rings. The van der Waals surface area contributed by atoms with Crippen LogP contribution in [0.15, 0.2) is 0 Å². The number of ether oxygens (including phenoxy) is 2. The van der Waals surface area contributed by atoms with Crippen LogP contribution >= 0.6 is 0 Å². The highest BCUT2D eigenvalue weighted by Crippen LogP contribution is 2.10. The van der Waals surface area contributed by atoms with Crippen molar-refractivity contribution in [1.29, 1.82) is 0 Å². The Kier molecular flexibility index (Phi) is 11.0. The van der Waals surface area contributed by atoms with Crippen LogP contribution in [0.1, 0.15) is 48.0 Å². The largest absolute Gasteiger partial charge is 0.457 e. The third-order valence-electron chi connectivity index (χ3n) is 2.17. The Bertz CT molecular complexity index is 287. The van der Waals surface area contributed by atoms with E-state index in [1.807, 2.05) is 0 Å². The van der Waals surface area contributed by atoms with Crippen molar-refractivity contribution in [1.82, 2.24) is 0 Å². The summed E-state index contributed by atoms with van der Waals surface area (Å²) in [6.07, 6.45) is 0.193. The summed E-state index contributed by atoms with van der Waals surface area (Å²) in [5.41, 5.74) is 3.97. The second-order valence-electron chi connectivity index (χ2n) is 5.84. The summed E-state index contributed by atoms with van der Waals surface area (Å²) in [4.78, 5) is 21.0. The lowest BCUT2D eigenvalue weighted by Gasteiger charge is -2.23. The summed E-state index contributed by atoms with van der Waals surface area (Å²) < 4.78 is 9.45. The minimum atomic E-state index is -0.749. The summed E-state index contributed by atoms with van der Waals surface area (Å²) >= 11 is 0. The van der Waals surface area contributed by atoms with Crippen LogP contribution in [0.3, 0.4) is 0 Å². The molecular weight excluding hydrogens is 262 g/mol. The molecule has 0 aromatic heterocycles. The second kappa shape index (κ2) is 10.5. The van der Waals surface area contributed by atoms with Crippen molar-refractivity contribution < 1.29 is 24.2 Å². The number of nitrogens with two attached hydrogens (primary N) is 1. The number of hydrogen-bond acceptors (Lipinski definition) is 5. The molecule has 20 heavy (non-hydrogen) atoms. The Labute approximate surface area is 121 Å². The van der Waals surface area contributed by atoms with Crippen LogP contribution in [0.25, 0.3) is 0 Å². The molecule has 0 heterocycles. The predicted octanol–water partition coefficient (Wildman–Crippen LogP) is 2.08. The maximum atomic E-state index is 11.0. The minimum Gasteiger partial charge on any atom is -0.457 e. The van der Waals surface area contributed by atoms with Crippen molar-refractivity contribution in [3.63, 3.8) is 0 Å². The van der Waals surface area contributed by atoms with E-state index in [9.17, 15) is 9.59 Å². The van der Waals surface area contributed by atoms with Gasteiger partial charge < -0.3 is 20.3 Å². The number of carbonyl (C=O) groups excluding carboxylic acids is 2. The van der Waals surface area contributed by atoms with Gasteiger partial charge in [0.2, 0.25) is 0 Å². The average Bonchev–Trinajstić information content (AvgIpc) is 2.28. The van der Waals surface area contributed by atoms with Gasteiger partial charge in [0, 0.05) is 0 Å². The maximum Gasteiger partial charge on any atom is 0.404 e. The van der Waals surface area contributed by atoms with Crippen LogP contribution in [-0.4, -0.2) is 36.0 Å². The summed E-state index contributed by atoms with van der Waals surface area (Å²) in [6.45, 7) is 11.3. The van der Waals surface area contributed by atoms with Gasteiger partial charge in [-0.3, -0.25) is 4.79 Å². The minimum absolute atomic E-state index is 0.138. The standard InChI is InChI=1S/C8H16O3.C6H13NO2/c1-6(2)7(10)11-8(3,4)5-9;1-5(2)3-4-9-6(7)8/h6,9H,5H2,1-4H3;5H,3-4H2,1-2H3,(H2,7,8). The van der Waals surface area contributed by atoms with Gasteiger partial charge in [-0.1, -0.05) is 27.7 Å². The molecule has 6 heteroatoms. The maximum absolute atomic E-state index is 11.0. The highest BCUT2D eigenvalue weighted by Gasteiger charge is 2.22. The predicted molar refractivity (Wildman–Crippen MR) is 77.1 cm³/mol. The van der Waals surface area contributed by atoms with Gasteiger partial charge in [-0.05, 0) is 26.2 Å². The number of aliphatic hydroxyl groups is 1. The van der Waals surface area contributed by atoms with Gasteiger partial charge in [-0.25, -0.2) is 4.79 Å². The van der Waals surface area contributed by atoms with E-state index in [1.54, 1.807) is 27.7 Å². The van der Waals surface area contributed by atoms with E-state index >= 15 is 0 Å². The van der Waals surface area contributed by atoms with Gasteiger partial charge in [0.1, 0.15) is 5.60 Å². The molecule has 1 amide bonds. The fourth-order valence-corrected chi connectivity index (χ4v) is 0.818. The molecule has 0 bridgehead atoms. The lowest BCUT2D eigenvalue weighted by molar-refractivity contribution is -0.163. The second-order valence-corrected chi connectivity index (χ2v) is 5.84. The molecule has 0 rings (SSSR count). The molecule has 6 nitrogen and oxygen atoms in total. The molecule has 0 saturated carbocycles. The highest BCUT2D eigenvalue weighted by molar-refractivity contribution is 5.71. The lowest BCUT2D eigenvalue weighted by atomic mass is 10.1. The fourth-order valence-electron chi connectivity index (χ4n) is 0.818. The van der Waals surface area contributed by atoms with Crippen molar-refractivity contribution in [2.24, 2.45) is 17.6 Å². The van der Waals surface area contributed by atoms with Crippen molar-refractivity contribution >= 4 is 12.1 Å². The summed E-state index contributed by atoms with van der Waals surface area (Å²) in [5.74, 6) is 0.147. The van der Waals surface area contributed by atoms with E-state index in [1.165, 1.54) is 0 Å². The fraction of sp³-hybridized carbons (Fsp3) is 0.857. The molecule has 0 aliphatic carbocycles. The Morgan fingerprint density at radius 3 is 2.00 bits per heavy atom. The molecule has 0 fully saturated rings. The Hall–Kier alpha value is -1.30. The van der Waals surface area contributed by atoms with E-state index in [-0.39, 0.29) is 18.5 Å². The number of rotatable bonds is 6. The van der Waals surface area contributed by atoms with Crippen LogP contribution in [0, 0.1) is 11.8 Å². The van der Waals surface area contributed by atoms with E-state index in [0.29, 0.717) is 12.5 Å². The number of esters is 1. The zero-order valence-corrected chi connectivity index (χ0v) is 13.4. The molecule has 0 aliphatic heterocycles. The first kappa shape index (κ1) is 21.0. The van der Waals surface area contributed by atoms with Gasteiger partial charge >= 0.3 is 12.1 Å². The summed E-state index contributed by atoms with van der Waals surface area (Å²) in [6, 6.07) is 0. The monoisotopic (exact) mass is 291 g/mol. The smallest absolute Gasteiger partial charge is 0.404 e. The number of aliphatic hydroxyl groups excluding tert-OH is 1. The normalized spacial score (nSPS) is 10.8. The molecule has 120 valence electrons. The zero-order chi connectivity index (χ0) is 16.3. The number of primary amides is 1. The number of carbonyl (C=O) groups is 2. The van der Waals surface area contributed by atoms with Crippen LogP contribution in [-0.2, 0) is 14.3 Å². The quantitative estimate of drug-likeness (QED) is 0.730.